The molecule has 1 saturated heterocycles. The lowest BCUT2D eigenvalue weighted by atomic mass is 9.94. The minimum absolute atomic E-state index is 0.167. The van der Waals surface area contributed by atoms with Gasteiger partial charge in [-0.05, 0) is 18.1 Å². The van der Waals surface area contributed by atoms with Gasteiger partial charge in [0.25, 0.3) is 0 Å². The van der Waals surface area contributed by atoms with E-state index in [1.165, 1.54) is 0 Å². The molecule has 136 valence electrons. The van der Waals surface area contributed by atoms with Gasteiger partial charge in [0.05, 0.1) is 25.9 Å². The van der Waals surface area contributed by atoms with Crippen LogP contribution in [-0.2, 0) is 22.6 Å². The Hall–Kier alpha value is -1.26. The molecule has 3 atom stereocenters. The van der Waals surface area contributed by atoms with Gasteiger partial charge in [-0.25, -0.2) is 0 Å². The number of aromatic nitrogens is 4. The fourth-order valence-electron chi connectivity index (χ4n) is 3.68. The number of hydrogen-bond acceptors (Lipinski definition) is 6. The summed E-state index contributed by atoms with van der Waals surface area (Å²) in [5.74, 6) is 0.665. The number of hydrogen-bond donors (Lipinski definition) is 0. The smallest absolute Gasteiger partial charge is 0.381 e. The van der Waals surface area contributed by atoms with Gasteiger partial charge in [-0.2, -0.15) is 18.0 Å². The summed E-state index contributed by atoms with van der Waals surface area (Å²) in [6.45, 7) is 1.05. The van der Waals surface area contributed by atoms with E-state index in [0.29, 0.717) is 42.8 Å². The highest BCUT2D eigenvalue weighted by atomic mass is 19.4. The molecule has 3 rings (SSSR count). The van der Waals surface area contributed by atoms with Crippen molar-refractivity contribution in [1.29, 1.82) is 0 Å². The highest BCUT2D eigenvalue weighted by molar-refractivity contribution is 4.92. The van der Waals surface area contributed by atoms with Gasteiger partial charge in [0.15, 0.2) is 12.4 Å². The Balaban J connectivity index is 1.66. The van der Waals surface area contributed by atoms with Crippen molar-refractivity contribution in [3.8, 4) is 0 Å². The average molecular weight is 349 g/mol. The standard InChI is InChI=1S/C14H22F3N5O2/c1-23-12-4-2-3-10(12)11-8-24-6-5-21(11)7-13-18-20-22(19-13)9-14(15,16)17/h10-12H,2-9H2,1H3. The Bertz CT molecular complexity index is 539. The zero-order valence-electron chi connectivity index (χ0n) is 13.6. The molecule has 0 bridgehead atoms. The number of morpholine rings is 1. The second kappa shape index (κ2) is 7.32. The molecule has 2 aliphatic rings. The maximum Gasteiger partial charge on any atom is 0.409 e. The number of halogens is 3. The van der Waals surface area contributed by atoms with E-state index in [2.05, 4.69) is 20.3 Å². The Morgan fingerprint density at radius 3 is 2.92 bits per heavy atom. The van der Waals surface area contributed by atoms with Crippen molar-refractivity contribution in [2.45, 2.75) is 50.7 Å². The summed E-state index contributed by atoms with van der Waals surface area (Å²) in [7, 11) is 1.72. The third kappa shape index (κ3) is 4.22. The van der Waals surface area contributed by atoms with Crippen molar-refractivity contribution in [3.63, 3.8) is 0 Å². The lowest BCUT2D eigenvalue weighted by molar-refractivity contribution is -0.145. The third-order valence-electron chi connectivity index (χ3n) is 4.74. The predicted molar refractivity (Wildman–Crippen MR) is 77.0 cm³/mol. The van der Waals surface area contributed by atoms with Crippen LogP contribution in [0.2, 0.25) is 0 Å². The lowest BCUT2D eigenvalue weighted by Crippen LogP contribution is -2.51. The zero-order valence-corrected chi connectivity index (χ0v) is 13.6. The molecule has 2 heterocycles. The molecule has 0 N–H and O–H groups in total. The molecule has 1 aliphatic carbocycles. The van der Waals surface area contributed by atoms with Gasteiger partial charge in [-0.15, -0.1) is 10.2 Å². The van der Waals surface area contributed by atoms with E-state index in [-0.39, 0.29) is 12.1 Å². The minimum atomic E-state index is -4.35. The molecule has 10 heteroatoms. The van der Waals surface area contributed by atoms with Crippen molar-refractivity contribution >= 4 is 0 Å². The van der Waals surface area contributed by atoms with E-state index in [1.807, 2.05) is 0 Å². The first-order chi connectivity index (χ1) is 11.5. The summed E-state index contributed by atoms with van der Waals surface area (Å²) in [6, 6.07) is 0.167. The molecule has 7 nitrogen and oxygen atoms in total. The molecule has 0 amide bonds. The molecule has 1 aliphatic heterocycles. The van der Waals surface area contributed by atoms with Gasteiger partial charge >= 0.3 is 6.18 Å². The molecule has 1 aromatic rings. The Labute approximate surface area is 138 Å². The average Bonchev–Trinajstić information content (AvgIpc) is 3.15. The molecule has 1 saturated carbocycles. The largest absolute Gasteiger partial charge is 0.409 e. The molecular weight excluding hydrogens is 327 g/mol. The fraction of sp³-hybridized carbons (Fsp3) is 0.929. The predicted octanol–water partition coefficient (Wildman–Crippen LogP) is 1.25. The molecule has 0 radical (unpaired) electrons. The summed E-state index contributed by atoms with van der Waals surface area (Å²) in [5.41, 5.74) is 0. The van der Waals surface area contributed by atoms with Gasteiger partial charge < -0.3 is 9.47 Å². The second-order valence-electron chi connectivity index (χ2n) is 6.33. The van der Waals surface area contributed by atoms with Crippen LogP contribution in [0.5, 0.6) is 0 Å². The number of ether oxygens (including phenoxy) is 2. The third-order valence-corrected chi connectivity index (χ3v) is 4.74. The van der Waals surface area contributed by atoms with Crippen LogP contribution in [0.3, 0.4) is 0 Å². The monoisotopic (exact) mass is 349 g/mol. The van der Waals surface area contributed by atoms with E-state index < -0.39 is 12.7 Å². The number of rotatable bonds is 5. The van der Waals surface area contributed by atoms with Crippen molar-refractivity contribution < 1.29 is 22.6 Å². The molecule has 1 aromatic heterocycles. The van der Waals surface area contributed by atoms with Crippen molar-refractivity contribution in [1.82, 2.24) is 25.1 Å². The quantitative estimate of drug-likeness (QED) is 0.797. The summed E-state index contributed by atoms with van der Waals surface area (Å²) in [5, 5.41) is 11.1. The SMILES string of the molecule is COC1CCCC1C1COCCN1Cc1nnn(CC(F)(F)F)n1. The van der Waals surface area contributed by atoms with E-state index >= 15 is 0 Å². The van der Waals surface area contributed by atoms with Gasteiger partial charge in [0, 0.05) is 25.6 Å². The Morgan fingerprint density at radius 1 is 1.33 bits per heavy atom. The van der Waals surface area contributed by atoms with E-state index in [1.54, 1.807) is 7.11 Å². The first-order valence-corrected chi connectivity index (χ1v) is 8.14. The van der Waals surface area contributed by atoms with Crippen LogP contribution >= 0.6 is 0 Å². The van der Waals surface area contributed by atoms with Crippen LogP contribution in [0.15, 0.2) is 0 Å². The van der Waals surface area contributed by atoms with Crippen LogP contribution in [-0.4, -0.2) is 70.3 Å². The maximum absolute atomic E-state index is 12.4. The van der Waals surface area contributed by atoms with Gasteiger partial charge in [-0.3, -0.25) is 4.90 Å². The highest BCUT2D eigenvalue weighted by Crippen LogP contribution is 2.34. The van der Waals surface area contributed by atoms with E-state index in [9.17, 15) is 13.2 Å². The second-order valence-corrected chi connectivity index (χ2v) is 6.33. The summed E-state index contributed by atoms with van der Waals surface area (Å²) < 4.78 is 48.4. The lowest BCUT2D eigenvalue weighted by Gasteiger charge is -2.40. The summed E-state index contributed by atoms with van der Waals surface area (Å²) in [4.78, 5) is 2.78. The van der Waals surface area contributed by atoms with Crippen molar-refractivity contribution in [2.24, 2.45) is 5.92 Å². The van der Waals surface area contributed by atoms with Gasteiger partial charge in [0.1, 0.15) is 0 Å². The molecular formula is C14H22F3N5O2. The van der Waals surface area contributed by atoms with E-state index in [4.69, 9.17) is 9.47 Å². The first-order valence-electron chi connectivity index (χ1n) is 8.14. The summed E-state index contributed by atoms with van der Waals surface area (Å²) in [6.07, 6.45) is -0.932. The van der Waals surface area contributed by atoms with Crippen LogP contribution in [0.25, 0.3) is 0 Å². The molecule has 2 fully saturated rings. The van der Waals surface area contributed by atoms with E-state index in [0.717, 1.165) is 19.3 Å². The zero-order chi connectivity index (χ0) is 17.2. The number of methoxy groups -OCH3 is 1. The number of nitrogens with zero attached hydrogens (tertiary/aromatic N) is 5. The molecule has 24 heavy (non-hydrogen) atoms. The Morgan fingerprint density at radius 2 is 2.17 bits per heavy atom. The van der Waals surface area contributed by atoms with Gasteiger partial charge in [0.2, 0.25) is 0 Å². The van der Waals surface area contributed by atoms with Crippen molar-refractivity contribution in [2.75, 3.05) is 26.9 Å². The van der Waals surface area contributed by atoms with Crippen LogP contribution in [0, 0.1) is 5.92 Å². The fourth-order valence-corrected chi connectivity index (χ4v) is 3.68. The minimum Gasteiger partial charge on any atom is -0.381 e. The molecule has 0 aromatic carbocycles. The molecule has 0 spiro atoms. The maximum atomic E-state index is 12.4. The summed E-state index contributed by atoms with van der Waals surface area (Å²) >= 11 is 0. The first kappa shape index (κ1) is 17.6. The topological polar surface area (TPSA) is 65.3 Å². The number of tetrazole rings is 1. The normalized spacial score (nSPS) is 29.2. The highest BCUT2D eigenvalue weighted by Gasteiger charge is 2.39. The van der Waals surface area contributed by atoms with Crippen LogP contribution in [0.1, 0.15) is 25.1 Å². The van der Waals surface area contributed by atoms with Crippen LogP contribution in [0.4, 0.5) is 13.2 Å². The molecule has 3 unspecified atom stereocenters. The van der Waals surface area contributed by atoms with Crippen LogP contribution < -0.4 is 0 Å². The van der Waals surface area contributed by atoms with Crippen molar-refractivity contribution in [3.05, 3.63) is 5.82 Å². The Kier molecular flexibility index (Phi) is 5.36. The van der Waals surface area contributed by atoms with Gasteiger partial charge in [-0.1, -0.05) is 6.42 Å². The number of alkyl halides is 3.